The lowest BCUT2D eigenvalue weighted by molar-refractivity contribution is -0.128. The number of fused-ring (bicyclic) bond motifs is 1. The van der Waals surface area contributed by atoms with Crippen molar-refractivity contribution >= 4 is 45.2 Å². The Hall–Kier alpha value is -2.06. The summed E-state index contributed by atoms with van der Waals surface area (Å²) < 4.78 is 32.7. The van der Waals surface area contributed by atoms with E-state index in [0.717, 1.165) is 5.56 Å². The molecule has 0 atom stereocenters. The highest BCUT2D eigenvalue weighted by Crippen LogP contribution is 2.30. The number of ether oxygens (including phenoxy) is 1. The van der Waals surface area contributed by atoms with Crippen molar-refractivity contribution in [3.05, 3.63) is 63.6 Å². The third-order valence-electron chi connectivity index (χ3n) is 4.94. The molecule has 0 aliphatic carbocycles. The molecule has 2 aliphatic heterocycles. The first kappa shape index (κ1) is 20.2. The summed E-state index contributed by atoms with van der Waals surface area (Å²) in [5.74, 6) is 0.520. The predicted molar refractivity (Wildman–Crippen MR) is 112 cm³/mol. The number of halogens is 2. The van der Waals surface area contributed by atoms with E-state index in [1.165, 1.54) is 10.4 Å². The molecule has 152 valence electrons. The molecule has 1 fully saturated rings. The van der Waals surface area contributed by atoms with E-state index in [-0.39, 0.29) is 35.5 Å². The van der Waals surface area contributed by atoms with Gasteiger partial charge < -0.3 is 9.64 Å². The zero-order valence-corrected chi connectivity index (χ0v) is 17.7. The minimum absolute atomic E-state index is 0.0818. The molecule has 0 aromatic heterocycles. The van der Waals surface area contributed by atoms with E-state index in [4.69, 9.17) is 27.9 Å². The molecular weight excluding hydrogens is 435 g/mol. The van der Waals surface area contributed by atoms with Gasteiger partial charge in [-0.25, -0.2) is 8.42 Å². The first-order valence-electron chi connectivity index (χ1n) is 9.03. The van der Waals surface area contributed by atoms with Gasteiger partial charge in [-0.05, 0) is 36.4 Å². The molecular formula is C20H18Cl2N2O4S. The lowest BCUT2D eigenvalue weighted by atomic mass is 10.1. The highest BCUT2D eigenvalue weighted by Gasteiger charge is 2.32. The van der Waals surface area contributed by atoms with Gasteiger partial charge in [0.1, 0.15) is 17.3 Å². The fourth-order valence-electron chi connectivity index (χ4n) is 3.40. The zero-order chi connectivity index (χ0) is 20.6. The maximum absolute atomic E-state index is 12.9. The van der Waals surface area contributed by atoms with Crippen LogP contribution in [0.25, 0.3) is 6.08 Å². The van der Waals surface area contributed by atoms with E-state index in [1.54, 1.807) is 47.4 Å². The molecule has 9 heteroatoms. The third-order valence-corrected chi connectivity index (χ3v) is 7.57. The monoisotopic (exact) mass is 452 g/mol. The summed E-state index contributed by atoms with van der Waals surface area (Å²) in [4.78, 5) is 14.6. The second-order valence-electron chi connectivity index (χ2n) is 6.77. The summed E-state index contributed by atoms with van der Waals surface area (Å²) in [5, 5.41) is 0.753. The van der Waals surface area contributed by atoms with Crippen molar-refractivity contribution in [2.45, 2.75) is 4.90 Å². The van der Waals surface area contributed by atoms with Crippen LogP contribution in [-0.4, -0.2) is 56.3 Å². The van der Waals surface area contributed by atoms with Gasteiger partial charge in [0.15, 0.2) is 0 Å². The smallest absolute Gasteiger partial charge is 0.253 e. The van der Waals surface area contributed by atoms with Crippen molar-refractivity contribution in [3.8, 4) is 5.75 Å². The number of carbonyl (C=O) groups is 1. The normalized spacial score (nSPS) is 17.3. The van der Waals surface area contributed by atoms with E-state index < -0.39 is 10.0 Å². The number of hydrogen-bond donors (Lipinski definition) is 0. The maximum Gasteiger partial charge on any atom is 0.253 e. The molecule has 0 N–H and O–H groups in total. The van der Waals surface area contributed by atoms with Crippen LogP contribution in [0.1, 0.15) is 5.56 Å². The number of hydrogen-bond acceptors (Lipinski definition) is 4. The quantitative estimate of drug-likeness (QED) is 0.716. The SMILES string of the molecule is O=C(C1=Cc2cc(Cl)ccc2OC1)N1CCN(S(=O)(=O)c2ccccc2Cl)CC1. The molecule has 6 nitrogen and oxygen atoms in total. The topological polar surface area (TPSA) is 66.9 Å². The van der Waals surface area contributed by atoms with Gasteiger partial charge in [-0.1, -0.05) is 35.3 Å². The van der Waals surface area contributed by atoms with Crippen molar-refractivity contribution in [1.29, 1.82) is 0 Å². The average Bonchev–Trinajstić information content (AvgIpc) is 2.73. The van der Waals surface area contributed by atoms with Crippen LogP contribution in [0, 0.1) is 0 Å². The molecule has 2 aromatic carbocycles. The van der Waals surface area contributed by atoms with Gasteiger partial charge in [0.2, 0.25) is 10.0 Å². The number of carbonyl (C=O) groups excluding carboxylic acids is 1. The van der Waals surface area contributed by atoms with Gasteiger partial charge in [-0.2, -0.15) is 4.31 Å². The van der Waals surface area contributed by atoms with Crippen LogP contribution in [0.5, 0.6) is 5.75 Å². The number of benzene rings is 2. The lowest BCUT2D eigenvalue weighted by Crippen LogP contribution is -2.51. The zero-order valence-electron chi connectivity index (χ0n) is 15.3. The molecule has 0 unspecified atom stereocenters. The van der Waals surface area contributed by atoms with Crippen molar-refractivity contribution in [1.82, 2.24) is 9.21 Å². The fraction of sp³-hybridized carbons (Fsp3) is 0.250. The lowest BCUT2D eigenvalue weighted by Gasteiger charge is -2.35. The number of nitrogens with zero attached hydrogens (tertiary/aromatic N) is 2. The van der Waals surface area contributed by atoms with Gasteiger partial charge in [0.05, 0.1) is 10.6 Å². The van der Waals surface area contributed by atoms with Crippen molar-refractivity contribution in [2.24, 2.45) is 0 Å². The summed E-state index contributed by atoms with van der Waals surface area (Å²) in [7, 11) is -3.70. The molecule has 29 heavy (non-hydrogen) atoms. The highest BCUT2D eigenvalue weighted by molar-refractivity contribution is 7.89. The maximum atomic E-state index is 12.9. The van der Waals surface area contributed by atoms with Gasteiger partial charge >= 0.3 is 0 Å². The van der Waals surface area contributed by atoms with E-state index in [1.807, 2.05) is 0 Å². The molecule has 4 rings (SSSR count). The average molecular weight is 453 g/mol. The molecule has 1 saturated heterocycles. The van der Waals surface area contributed by atoms with Crippen LogP contribution in [0.4, 0.5) is 0 Å². The van der Waals surface area contributed by atoms with Crippen LogP contribution in [0.2, 0.25) is 10.0 Å². The highest BCUT2D eigenvalue weighted by atomic mass is 35.5. The second kappa shape index (κ2) is 7.99. The van der Waals surface area contributed by atoms with Crippen LogP contribution in [0.15, 0.2) is 52.9 Å². The van der Waals surface area contributed by atoms with Crippen LogP contribution < -0.4 is 4.74 Å². The molecule has 1 amide bonds. The van der Waals surface area contributed by atoms with Gasteiger partial charge in [-0.15, -0.1) is 0 Å². The minimum Gasteiger partial charge on any atom is -0.488 e. The Morgan fingerprint density at radius 3 is 2.45 bits per heavy atom. The third kappa shape index (κ3) is 4.00. The number of amides is 1. The Labute approximate surface area is 179 Å². The van der Waals surface area contributed by atoms with Crippen LogP contribution >= 0.6 is 23.2 Å². The van der Waals surface area contributed by atoms with Crippen molar-refractivity contribution in [3.63, 3.8) is 0 Å². The number of sulfonamides is 1. The van der Waals surface area contributed by atoms with Gasteiger partial charge in [0, 0.05) is 36.8 Å². The Bertz CT molecular complexity index is 1090. The molecule has 2 aromatic rings. The number of rotatable bonds is 3. The first-order chi connectivity index (χ1) is 13.9. The summed E-state index contributed by atoms with van der Waals surface area (Å²) in [6.45, 7) is 1.17. The summed E-state index contributed by atoms with van der Waals surface area (Å²) in [6.07, 6.45) is 1.78. The number of piperazine rings is 1. The molecule has 0 bridgehead atoms. The molecule has 0 radical (unpaired) electrons. The summed E-state index contributed by atoms with van der Waals surface area (Å²) in [6, 6.07) is 11.6. The first-order valence-corrected chi connectivity index (χ1v) is 11.2. The molecule has 0 spiro atoms. The Kier molecular flexibility index (Phi) is 5.57. The Balaban J connectivity index is 1.46. The van der Waals surface area contributed by atoms with Gasteiger partial charge in [0.25, 0.3) is 5.91 Å². The van der Waals surface area contributed by atoms with E-state index in [2.05, 4.69) is 0 Å². The Morgan fingerprint density at radius 1 is 1.00 bits per heavy atom. The van der Waals surface area contributed by atoms with Crippen molar-refractivity contribution < 1.29 is 17.9 Å². The molecule has 2 aliphatic rings. The molecule has 0 saturated carbocycles. The second-order valence-corrected chi connectivity index (χ2v) is 9.52. The standard InChI is InChI=1S/C20H18Cl2N2O4S/c21-16-5-6-18-14(12-16)11-15(13-28-18)20(25)23-7-9-24(10-8-23)29(26,27)19-4-2-1-3-17(19)22/h1-6,11-12H,7-10,13H2. The molecule has 2 heterocycles. The Morgan fingerprint density at radius 2 is 1.72 bits per heavy atom. The van der Waals surface area contributed by atoms with Crippen molar-refractivity contribution in [2.75, 3.05) is 32.8 Å². The summed E-state index contributed by atoms with van der Waals surface area (Å²) in [5.41, 5.74) is 1.27. The van der Waals surface area contributed by atoms with Crippen LogP contribution in [-0.2, 0) is 14.8 Å². The van der Waals surface area contributed by atoms with E-state index in [0.29, 0.717) is 29.4 Å². The van der Waals surface area contributed by atoms with Gasteiger partial charge in [-0.3, -0.25) is 4.79 Å². The largest absolute Gasteiger partial charge is 0.488 e. The fourth-order valence-corrected chi connectivity index (χ4v) is 5.50. The summed E-state index contributed by atoms with van der Waals surface area (Å²) >= 11 is 12.1. The predicted octanol–water partition coefficient (Wildman–Crippen LogP) is 3.30. The van der Waals surface area contributed by atoms with E-state index >= 15 is 0 Å². The minimum atomic E-state index is -3.70. The van der Waals surface area contributed by atoms with Crippen LogP contribution in [0.3, 0.4) is 0 Å². The van der Waals surface area contributed by atoms with E-state index in [9.17, 15) is 13.2 Å².